The Balaban J connectivity index is 2.09. The molecule has 0 fully saturated rings. The van der Waals surface area contributed by atoms with E-state index in [4.69, 9.17) is 5.11 Å². The molecule has 0 aromatic heterocycles. The SMILES string of the molecule is O=C(O)C1=NOC(C(=O)Nc2c(F)cc(F)cc2F)C1. The molecule has 1 aliphatic rings. The fraction of sp³-hybridized carbons (Fsp3) is 0.182. The maximum absolute atomic E-state index is 13.3. The third kappa shape index (κ3) is 2.71. The minimum atomic E-state index is -1.36. The van der Waals surface area contributed by atoms with Crippen LogP contribution in [0.3, 0.4) is 0 Å². The normalized spacial score (nSPS) is 17.4. The van der Waals surface area contributed by atoms with Crippen LogP contribution in [0.15, 0.2) is 17.3 Å². The van der Waals surface area contributed by atoms with Crippen molar-refractivity contribution in [3.05, 3.63) is 29.6 Å². The van der Waals surface area contributed by atoms with Crippen molar-refractivity contribution in [3.63, 3.8) is 0 Å². The zero-order chi connectivity index (χ0) is 14.9. The Kier molecular flexibility index (Phi) is 3.59. The lowest BCUT2D eigenvalue weighted by molar-refractivity contribution is -0.129. The van der Waals surface area contributed by atoms with Crippen molar-refractivity contribution in [1.82, 2.24) is 0 Å². The average molecular weight is 288 g/mol. The average Bonchev–Trinajstić information content (AvgIpc) is 2.83. The number of carbonyl (C=O) groups is 2. The number of amides is 1. The molecule has 1 heterocycles. The summed E-state index contributed by atoms with van der Waals surface area (Å²) < 4.78 is 39.3. The quantitative estimate of drug-likeness (QED) is 0.876. The minimum Gasteiger partial charge on any atom is -0.477 e. The van der Waals surface area contributed by atoms with Crippen molar-refractivity contribution in [2.24, 2.45) is 5.16 Å². The maximum Gasteiger partial charge on any atom is 0.353 e. The maximum atomic E-state index is 13.3. The molecular formula is C11H7F3N2O4. The van der Waals surface area contributed by atoms with Gasteiger partial charge in [-0.25, -0.2) is 18.0 Å². The largest absolute Gasteiger partial charge is 0.477 e. The molecule has 6 nitrogen and oxygen atoms in total. The van der Waals surface area contributed by atoms with Gasteiger partial charge in [0.25, 0.3) is 5.91 Å². The highest BCUT2D eigenvalue weighted by Crippen LogP contribution is 2.21. The van der Waals surface area contributed by atoms with Crippen LogP contribution in [0.1, 0.15) is 6.42 Å². The highest BCUT2D eigenvalue weighted by Gasteiger charge is 2.32. The Morgan fingerprint density at radius 3 is 2.40 bits per heavy atom. The number of anilines is 1. The molecule has 0 spiro atoms. The Hall–Kier alpha value is -2.58. The molecule has 2 N–H and O–H groups in total. The van der Waals surface area contributed by atoms with Gasteiger partial charge in [0, 0.05) is 18.6 Å². The first-order valence-corrected chi connectivity index (χ1v) is 5.30. The highest BCUT2D eigenvalue weighted by molar-refractivity contribution is 6.36. The lowest BCUT2D eigenvalue weighted by atomic mass is 10.1. The van der Waals surface area contributed by atoms with Crippen LogP contribution in [0.2, 0.25) is 0 Å². The molecule has 20 heavy (non-hydrogen) atoms. The Labute approximate surface area is 109 Å². The summed E-state index contributed by atoms with van der Waals surface area (Å²) in [5.74, 6) is -6.08. The second-order valence-electron chi connectivity index (χ2n) is 3.87. The standard InChI is InChI=1S/C11H7F3N2O4/c12-4-1-5(13)9(6(14)2-4)15-10(17)8-3-7(11(18)19)16-20-8/h1-2,8H,3H2,(H,15,17)(H,18,19). The van der Waals surface area contributed by atoms with Crippen molar-refractivity contribution < 1.29 is 32.7 Å². The number of carbonyl (C=O) groups excluding carboxylic acids is 1. The van der Waals surface area contributed by atoms with E-state index in [2.05, 4.69) is 9.99 Å². The van der Waals surface area contributed by atoms with Gasteiger partial charge in [-0.05, 0) is 0 Å². The molecule has 1 amide bonds. The summed E-state index contributed by atoms with van der Waals surface area (Å²) in [6, 6.07) is 0.792. The van der Waals surface area contributed by atoms with Gasteiger partial charge in [-0.15, -0.1) is 0 Å². The van der Waals surface area contributed by atoms with Gasteiger partial charge in [-0.1, -0.05) is 5.16 Å². The van der Waals surface area contributed by atoms with E-state index >= 15 is 0 Å². The topological polar surface area (TPSA) is 88.0 Å². The number of nitrogens with one attached hydrogen (secondary N) is 1. The molecule has 1 aliphatic heterocycles. The number of hydrogen-bond acceptors (Lipinski definition) is 4. The molecule has 1 aromatic carbocycles. The molecule has 106 valence electrons. The zero-order valence-electron chi connectivity index (χ0n) is 9.69. The van der Waals surface area contributed by atoms with E-state index in [1.54, 1.807) is 0 Å². The summed E-state index contributed by atoms with van der Waals surface area (Å²) in [4.78, 5) is 26.8. The molecular weight excluding hydrogens is 281 g/mol. The van der Waals surface area contributed by atoms with Crippen LogP contribution < -0.4 is 5.32 Å². The highest BCUT2D eigenvalue weighted by atomic mass is 19.1. The second kappa shape index (κ2) is 5.19. The van der Waals surface area contributed by atoms with E-state index in [1.165, 1.54) is 0 Å². The lowest BCUT2D eigenvalue weighted by Crippen LogP contribution is -2.29. The number of carboxylic acid groups (broad SMARTS) is 1. The smallest absolute Gasteiger partial charge is 0.353 e. The molecule has 9 heteroatoms. The summed E-state index contributed by atoms with van der Waals surface area (Å²) in [5, 5.41) is 13.6. The third-order valence-electron chi connectivity index (χ3n) is 2.46. The van der Waals surface area contributed by atoms with Crippen molar-refractivity contribution in [2.75, 3.05) is 5.32 Å². The number of oxime groups is 1. The number of aliphatic carboxylic acids is 1. The van der Waals surface area contributed by atoms with Crippen LogP contribution in [0, 0.1) is 17.5 Å². The van der Waals surface area contributed by atoms with Gasteiger partial charge < -0.3 is 15.3 Å². The van der Waals surface area contributed by atoms with Crippen LogP contribution in [0.5, 0.6) is 0 Å². The number of benzene rings is 1. The van der Waals surface area contributed by atoms with Gasteiger partial charge in [0.15, 0.2) is 17.3 Å². The van der Waals surface area contributed by atoms with Gasteiger partial charge in [0.2, 0.25) is 6.10 Å². The molecule has 1 aromatic rings. The first-order chi connectivity index (χ1) is 9.38. The van der Waals surface area contributed by atoms with E-state index in [-0.39, 0.29) is 12.1 Å². The van der Waals surface area contributed by atoms with Crippen LogP contribution >= 0.6 is 0 Å². The first-order valence-electron chi connectivity index (χ1n) is 5.30. The van der Waals surface area contributed by atoms with E-state index in [0.717, 1.165) is 0 Å². The Morgan fingerprint density at radius 1 is 1.30 bits per heavy atom. The minimum absolute atomic E-state index is 0.342. The van der Waals surface area contributed by atoms with Crippen molar-refractivity contribution in [2.45, 2.75) is 12.5 Å². The van der Waals surface area contributed by atoms with E-state index in [1.807, 2.05) is 5.32 Å². The summed E-state index contributed by atoms with van der Waals surface area (Å²) in [7, 11) is 0. The van der Waals surface area contributed by atoms with E-state index in [0.29, 0.717) is 12.1 Å². The lowest BCUT2D eigenvalue weighted by Gasteiger charge is -2.10. The molecule has 0 radical (unpaired) electrons. The van der Waals surface area contributed by atoms with Gasteiger partial charge in [0.05, 0.1) is 0 Å². The fourth-order valence-corrected chi connectivity index (χ4v) is 1.51. The van der Waals surface area contributed by atoms with Crippen molar-refractivity contribution in [1.29, 1.82) is 0 Å². The molecule has 0 saturated carbocycles. The molecule has 1 unspecified atom stereocenters. The second-order valence-corrected chi connectivity index (χ2v) is 3.87. The number of carboxylic acids is 1. The van der Waals surface area contributed by atoms with Crippen molar-refractivity contribution in [3.8, 4) is 0 Å². The number of rotatable bonds is 3. The molecule has 1 atom stereocenters. The molecule has 2 rings (SSSR count). The zero-order valence-corrected chi connectivity index (χ0v) is 9.69. The van der Waals surface area contributed by atoms with Gasteiger partial charge in [0.1, 0.15) is 11.5 Å². The van der Waals surface area contributed by atoms with Crippen LogP contribution in [-0.4, -0.2) is 28.8 Å². The summed E-state index contributed by atoms with van der Waals surface area (Å²) in [6.45, 7) is 0. The fourth-order valence-electron chi connectivity index (χ4n) is 1.51. The summed E-state index contributed by atoms with van der Waals surface area (Å²) >= 11 is 0. The molecule has 0 bridgehead atoms. The van der Waals surface area contributed by atoms with Crippen LogP contribution in [-0.2, 0) is 14.4 Å². The van der Waals surface area contributed by atoms with Gasteiger partial charge in [-0.2, -0.15) is 0 Å². The summed E-state index contributed by atoms with van der Waals surface area (Å²) in [5.41, 5.74) is -1.23. The predicted molar refractivity (Wildman–Crippen MR) is 59.5 cm³/mol. The Morgan fingerprint density at radius 2 is 1.90 bits per heavy atom. The van der Waals surface area contributed by atoms with Gasteiger partial charge in [-0.3, -0.25) is 4.79 Å². The predicted octanol–water partition coefficient (Wildman–Crippen LogP) is 1.27. The summed E-state index contributed by atoms with van der Waals surface area (Å²) in [6.07, 6.45) is -1.66. The van der Waals surface area contributed by atoms with Crippen LogP contribution in [0.25, 0.3) is 0 Å². The van der Waals surface area contributed by atoms with Crippen molar-refractivity contribution >= 4 is 23.3 Å². The Bertz CT molecular complexity index is 595. The van der Waals surface area contributed by atoms with Gasteiger partial charge >= 0.3 is 5.97 Å². The molecule has 0 saturated heterocycles. The van der Waals surface area contributed by atoms with Crippen LogP contribution in [0.4, 0.5) is 18.9 Å². The van der Waals surface area contributed by atoms with E-state index < -0.39 is 41.1 Å². The number of nitrogens with zero attached hydrogens (tertiary/aromatic N) is 1. The molecule has 0 aliphatic carbocycles. The third-order valence-corrected chi connectivity index (χ3v) is 2.46. The first kappa shape index (κ1) is 13.8. The number of halogens is 3. The monoisotopic (exact) mass is 288 g/mol. The number of hydrogen-bond donors (Lipinski definition) is 2. The van der Waals surface area contributed by atoms with E-state index in [9.17, 15) is 22.8 Å².